The van der Waals surface area contributed by atoms with Crippen molar-refractivity contribution in [3.63, 3.8) is 0 Å². The van der Waals surface area contributed by atoms with Crippen LogP contribution in [0.4, 0.5) is 0 Å². The smallest absolute Gasteiger partial charge is 0.255 e. The number of carbonyl (C=O) groups is 1. The molecule has 0 aliphatic rings. The van der Waals surface area contributed by atoms with Gasteiger partial charge in [0.05, 0.1) is 12.7 Å². The molecule has 0 saturated carbocycles. The summed E-state index contributed by atoms with van der Waals surface area (Å²) in [5.41, 5.74) is 0.527. The summed E-state index contributed by atoms with van der Waals surface area (Å²) in [5.74, 6) is 0.427. The number of benzene rings is 1. The van der Waals surface area contributed by atoms with Gasteiger partial charge in [-0.05, 0) is 24.6 Å². The highest BCUT2D eigenvalue weighted by molar-refractivity contribution is 9.10. The molecular weight excluding hydrogens is 286 g/mol. The second-order valence-corrected chi connectivity index (χ2v) is 4.36. The molecule has 1 N–H and O–H groups in total. The summed E-state index contributed by atoms with van der Waals surface area (Å²) in [5, 5.41) is 2.82. The molecule has 17 heavy (non-hydrogen) atoms. The van der Waals surface area contributed by atoms with Crippen molar-refractivity contribution < 1.29 is 14.3 Å². The van der Waals surface area contributed by atoms with Gasteiger partial charge in [-0.2, -0.15) is 0 Å². The minimum Gasteiger partial charge on any atom is -0.496 e. The van der Waals surface area contributed by atoms with Crippen molar-refractivity contribution >= 4 is 21.8 Å². The number of hydrogen-bond donors (Lipinski definition) is 1. The van der Waals surface area contributed by atoms with Gasteiger partial charge in [-0.3, -0.25) is 4.79 Å². The lowest BCUT2D eigenvalue weighted by Gasteiger charge is -2.09. The first-order valence-electron chi connectivity index (χ1n) is 5.29. The number of amides is 1. The fourth-order valence-corrected chi connectivity index (χ4v) is 1.73. The van der Waals surface area contributed by atoms with E-state index in [4.69, 9.17) is 9.47 Å². The van der Waals surface area contributed by atoms with Crippen molar-refractivity contribution in [1.29, 1.82) is 0 Å². The topological polar surface area (TPSA) is 47.6 Å². The maximum atomic E-state index is 11.9. The van der Waals surface area contributed by atoms with E-state index in [1.165, 1.54) is 0 Å². The maximum Gasteiger partial charge on any atom is 0.255 e. The standard InChI is InChI=1S/C12H16BrNO3/c1-16-7-3-6-14-12(15)10-8-9(13)4-5-11(10)17-2/h4-5,8H,3,6-7H2,1-2H3,(H,14,15). The van der Waals surface area contributed by atoms with E-state index in [1.54, 1.807) is 26.4 Å². The van der Waals surface area contributed by atoms with Crippen LogP contribution in [0, 0.1) is 0 Å². The summed E-state index contributed by atoms with van der Waals surface area (Å²) < 4.78 is 10.9. The van der Waals surface area contributed by atoms with Crippen LogP contribution in [-0.2, 0) is 4.74 Å². The number of rotatable bonds is 6. The van der Waals surface area contributed by atoms with Gasteiger partial charge >= 0.3 is 0 Å². The first kappa shape index (κ1) is 14.0. The molecule has 94 valence electrons. The van der Waals surface area contributed by atoms with E-state index < -0.39 is 0 Å². The van der Waals surface area contributed by atoms with Crippen molar-refractivity contribution in [1.82, 2.24) is 5.32 Å². The molecule has 0 saturated heterocycles. The zero-order chi connectivity index (χ0) is 12.7. The van der Waals surface area contributed by atoms with Gasteiger partial charge in [-0.1, -0.05) is 15.9 Å². The molecule has 0 aromatic heterocycles. The van der Waals surface area contributed by atoms with Gasteiger partial charge in [-0.25, -0.2) is 0 Å². The highest BCUT2D eigenvalue weighted by Crippen LogP contribution is 2.22. The summed E-state index contributed by atoms with van der Waals surface area (Å²) in [7, 11) is 3.18. The zero-order valence-electron chi connectivity index (χ0n) is 9.96. The van der Waals surface area contributed by atoms with Crippen LogP contribution in [0.3, 0.4) is 0 Å². The number of ether oxygens (including phenoxy) is 2. The average molecular weight is 302 g/mol. The van der Waals surface area contributed by atoms with Gasteiger partial charge < -0.3 is 14.8 Å². The van der Waals surface area contributed by atoms with E-state index in [0.717, 1.165) is 10.9 Å². The second kappa shape index (κ2) is 7.29. The largest absolute Gasteiger partial charge is 0.496 e. The molecule has 4 nitrogen and oxygen atoms in total. The molecule has 0 aliphatic carbocycles. The van der Waals surface area contributed by atoms with E-state index in [-0.39, 0.29) is 5.91 Å². The Hall–Kier alpha value is -1.07. The van der Waals surface area contributed by atoms with Crippen molar-refractivity contribution in [3.05, 3.63) is 28.2 Å². The Balaban J connectivity index is 2.64. The number of carbonyl (C=O) groups excluding carboxylic acids is 1. The Morgan fingerprint density at radius 3 is 2.82 bits per heavy atom. The van der Waals surface area contributed by atoms with E-state index in [0.29, 0.717) is 24.5 Å². The zero-order valence-corrected chi connectivity index (χ0v) is 11.5. The van der Waals surface area contributed by atoms with Crippen molar-refractivity contribution in [2.45, 2.75) is 6.42 Å². The number of hydrogen-bond acceptors (Lipinski definition) is 3. The molecule has 5 heteroatoms. The molecule has 1 amide bonds. The van der Waals surface area contributed by atoms with Crippen LogP contribution in [0.25, 0.3) is 0 Å². The lowest BCUT2D eigenvalue weighted by atomic mass is 10.2. The SMILES string of the molecule is COCCCNC(=O)c1cc(Br)ccc1OC. The van der Waals surface area contributed by atoms with Gasteiger partial charge in [0, 0.05) is 24.7 Å². The molecule has 0 bridgehead atoms. The number of halogens is 1. The Morgan fingerprint density at radius 1 is 1.41 bits per heavy atom. The molecule has 1 aromatic rings. The number of nitrogens with one attached hydrogen (secondary N) is 1. The summed E-state index contributed by atoms with van der Waals surface area (Å²) in [6.45, 7) is 1.22. The third-order valence-corrected chi connectivity index (χ3v) is 2.71. The Kier molecular flexibility index (Phi) is 6.00. The third kappa shape index (κ3) is 4.36. The van der Waals surface area contributed by atoms with E-state index in [9.17, 15) is 4.79 Å². The van der Waals surface area contributed by atoms with E-state index in [1.807, 2.05) is 6.07 Å². The fourth-order valence-electron chi connectivity index (χ4n) is 1.37. The minimum atomic E-state index is -0.140. The molecule has 1 rings (SSSR count). The van der Waals surface area contributed by atoms with Gasteiger partial charge in [0.1, 0.15) is 5.75 Å². The highest BCUT2D eigenvalue weighted by Gasteiger charge is 2.11. The molecule has 0 radical (unpaired) electrons. The molecule has 0 unspecified atom stereocenters. The molecular formula is C12H16BrNO3. The van der Waals surface area contributed by atoms with Crippen LogP contribution in [0.5, 0.6) is 5.75 Å². The van der Waals surface area contributed by atoms with Crippen molar-refractivity contribution in [2.24, 2.45) is 0 Å². The maximum absolute atomic E-state index is 11.9. The van der Waals surface area contributed by atoms with Gasteiger partial charge in [0.25, 0.3) is 5.91 Å². The van der Waals surface area contributed by atoms with Crippen LogP contribution >= 0.6 is 15.9 Å². The molecule has 0 fully saturated rings. The lowest BCUT2D eigenvalue weighted by molar-refractivity contribution is 0.0945. The van der Waals surface area contributed by atoms with Crippen LogP contribution in [0.2, 0.25) is 0 Å². The number of methoxy groups -OCH3 is 2. The predicted octanol–water partition coefficient (Wildman–Crippen LogP) is 2.22. The third-order valence-electron chi connectivity index (χ3n) is 2.22. The first-order valence-corrected chi connectivity index (χ1v) is 6.09. The summed E-state index contributed by atoms with van der Waals surface area (Å²) in [6.07, 6.45) is 0.790. The molecule has 1 aromatic carbocycles. The molecule has 0 atom stereocenters. The lowest BCUT2D eigenvalue weighted by Crippen LogP contribution is -2.25. The summed E-state index contributed by atoms with van der Waals surface area (Å²) in [6, 6.07) is 5.33. The molecule has 0 aliphatic heterocycles. The van der Waals surface area contributed by atoms with E-state index >= 15 is 0 Å². The van der Waals surface area contributed by atoms with Crippen LogP contribution < -0.4 is 10.1 Å². The Bertz CT molecular complexity index is 382. The molecule has 0 spiro atoms. The van der Waals surface area contributed by atoms with Crippen LogP contribution in [0.1, 0.15) is 16.8 Å². The molecule has 0 heterocycles. The summed E-state index contributed by atoms with van der Waals surface area (Å²) in [4.78, 5) is 11.9. The van der Waals surface area contributed by atoms with Crippen molar-refractivity contribution in [3.8, 4) is 5.75 Å². The van der Waals surface area contributed by atoms with E-state index in [2.05, 4.69) is 21.2 Å². The average Bonchev–Trinajstić information content (AvgIpc) is 2.34. The second-order valence-electron chi connectivity index (χ2n) is 3.45. The van der Waals surface area contributed by atoms with Crippen molar-refractivity contribution in [2.75, 3.05) is 27.4 Å². The highest BCUT2D eigenvalue weighted by atomic mass is 79.9. The monoisotopic (exact) mass is 301 g/mol. The minimum absolute atomic E-state index is 0.140. The van der Waals surface area contributed by atoms with Gasteiger partial charge in [0.2, 0.25) is 0 Å². The van der Waals surface area contributed by atoms with Gasteiger partial charge in [0.15, 0.2) is 0 Å². The Morgan fingerprint density at radius 2 is 2.18 bits per heavy atom. The fraction of sp³-hybridized carbons (Fsp3) is 0.417. The Labute approximate surface area is 109 Å². The normalized spacial score (nSPS) is 10.1. The predicted molar refractivity (Wildman–Crippen MR) is 69.5 cm³/mol. The van der Waals surface area contributed by atoms with Gasteiger partial charge in [-0.15, -0.1) is 0 Å². The quantitative estimate of drug-likeness (QED) is 0.820. The summed E-state index contributed by atoms with van der Waals surface area (Å²) >= 11 is 3.33. The van der Waals surface area contributed by atoms with Crippen LogP contribution in [0.15, 0.2) is 22.7 Å². The van der Waals surface area contributed by atoms with Crippen LogP contribution in [-0.4, -0.2) is 33.3 Å². The first-order chi connectivity index (χ1) is 8.19.